The molecule has 1 heterocycles. The Balaban J connectivity index is 1.50. The topological polar surface area (TPSA) is 52.6 Å². The molecular weight excluding hydrogens is 409 g/mol. The molecule has 2 aromatic carbocycles. The summed E-state index contributed by atoms with van der Waals surface area (Å²) in [5.74, 6) is -0.581. The number of likely N-dealkylation sites (N-methyl/N-ethyl adjacent to an activating group) is 1. The Kier molecular flexibility index (Phi) is 7.40. The Labute approximate surface area is 181 Å². The van der Waals surface area contributed by atoms with Crippen LogP contribution in [0.5, 0.6) is 0 Å². The number of piperidine rings is 1. The van der Waals surface area contributed by atoms with Gasteiger partial charge < -0.3 is 15.1 Å². The van der Waals surface area contributed by atoms with E-state index in [1.54, 1.807) is 18.0 Å². The molecule has 1 fully saturated rings. The van der Waals surface area contributed by atoms with Gasteiger partial charge in [0.1, 0.15) is 0 Å². The van der Waals surface area contributed by atoms with Crippen LogP contribution in [0, 0.1) is 0 Å². The van der Waals surface area contributed by atoms with E-state index < -0.39 is 5.91 Å². The molecule has 0 unspecified atom stereocenters. The average molecular weight is 434 g/mol. The minimum absolute atomic E-state index is 0.0971. The maximum Gasteiger partial charge on any atom is 0.253 e. The normalized spacial score (nSPS) is 13.8. The molecule has 1 saturated heterocycles. The van der Waals surface area contributed by atoms with Crippen molar-refractivity contribution in [2.75, 3.05) is 31.6 Å². The quantitative estimate of drug-likeness (QED) is 0.735. The van der Waals surface area contributed by atoms with Crippen molar-refractivity contribution in [3.8, 4) is 0 Å². The summed E-state index contributed by atoms with van der Waals surface area (Å²) in [5.41, 5.74) is 2.57. The van der Waals surface area contributed by atoms with E-state index in [4.69, 9.17) is 23.2 Å². The number of amides is 2. The molecule has 0 aromatic heterocycles. The molecule has 1 N–H and O–H groups in total. The van der Waals surface area contributed by atoms with Gasteiger partial charge >= 0.3 is 0 Å². The van der Waals surface area contributed by atoms with E-state index >= 15 is 0 Å². The SMILES string of the molecule is CN(Cc1ccc(N2CCCCC2)cc1)C(=O)CNC(=O)c1ccc(Cl)cc1Cl. The van der Waals surface area contributed by atoms with Crippen LogP contribution < -0.4 is 10.2 Å². The molecule has 0 saturated carbocycles. The molecule has 29 heavy (non-hydrogen) atoms. The van der Waals surface area contributed by atoms with Crippen molar-refractivity contribution in [1.82, 2.24) is 10.2 Å². The van der Waals surface area contributed by atoms with Crippen molar-refractivity contribution in [3.05, 3.63) is 63.6 Å². The van der Waals surface area contributed by atoms with Crippen LogP contribution in [-0.4, -0.2) is 43.4 Å². The van der Waals surface area contributed by atoms with E-state index in [0.717, 1.165) is 18.7 Å². The van der Waals surface area contributed by atoms with E-state index in [1.807, 2.05) is 0 Å². The molecule has 7 heteroatoms. The smallest absolute Gasteiger partial charge is 0.253 e. The van der Waals surface area contributed by atoms with Crippen molar-refractivity contribution in [2.24, 2.45) is 0 Å². The van der Waals surface area contributed by atoms with Gasteiger partial charge in [-0.3, -0.25) is 9.59 Å². The number of rotatable bonds is 6. The maximum atomic E-state index is 12.4. The number of carbonyl (C=O) groups is 2. The molecular formula is C22H25Cl2N3O2. The molecule has 1 aliphatic rings. The molecule has 5 nitrogen and oxygen atoms in total. The van der Waals surface area contributed by atoms with E-state index in [0.29, 0.717) is 17.1 Å². The fourth-order valence-corrected chi connectivity index (χ4v) is 3.88. The summed E-state index contributed by atoms with van der Waals surface area (Å²) in [6.07, 6.45) is 3.79. The van der Waals surface area contributed by atoms with Gasteiger partial charge in [0.25, 0.3) is 5.91 Å². The number of hydrogen-bond acceptors (Lipinski definition) is 3. The van der Waals surface area contributed by atoms with E-state index in [1.165, 1.54) is 37.1 Å². The fraction of sp³-hybridized carbons (Fsp3) is 0.364. The highest BCUT2D eigenvalue weighted by Crippen LogP contribution is 2.21. The second kappa shape index (κ2) is 9.99. The lowest BCUT2D eigenvalue weighted by Gasteiger charge is -2.29. The zero-order valence-electron chi connectivity index (χ0n) is 16.5. The van der Waals surface area contributed by atoms with Gasteiger partial charge in [-0.2, -0.15) is 0 Å². The molecule has 0 radical (unpaired) electrons. The number of anilines is 1. The third kappa shape index (κ3) is 5.87. The summed E-state index contributed by atoms with van der Waals surface area (Å²) < 4.78 is 0. The Hall–Kier alpha value is -2.24. The Morgan fingerprint density at radius 1 is 1.03 bits per heavy atom. The third-order valence-electron chi connectivity index (χ3n) is 5.08. The van der Waals surface area contributed by atoms with Crippen LogP contribution in [0.2, 0.25) is 10.0 Å². The summed E-state index contributed by atoms with van der Waals surface area (Å²) in [6, 6.07) is 13.0. The van der Waals surface area contributed by atoms with Crippen LogP contribution in [0.4, 0.5) is 5.69 Å². The Morgan fingerprint density at radius 2 is 1.72 bits per heavy atom. The van der Waals surface area contributed by atoms with Crippen LogP contribution in [-0.2, 0) is 11.3 Å². The number of carbonyl (C=O) groups excluding carboxylic acids is 2. The van der Waals surface area contributed by atoms with Crippen LogP contribution in [0.15, 0.2) is 42.5 Å². The largest absolute Gasteiger partial charge is 0.372 e. The van der Waals surface area contributed by atoms with E-state index in [2.05, 4.69) is 34.5 Å². The van der Waals surface area contributed by atoms with Gasteiger partial charge in [0, 0.05) is 37.4 Å². The van der Waals surface area contributed by atoms with Gasteiger partial charge in [0.05, 0.1) is 17.1 Å². The second-order valence-corrected chi connectivity index (χ2v) is 8.11. The Bertz CT molecular complexity index is 865. The zero-order valence-corrected chi connectivity index (χ0v) is 18.0. The van der Waals surface area contributed by atoms with Gasteiger partial charge in [-0.15, -0.1) is 0 Å². The lowest BCUT2D eigenvalue weighted by molar-refractivity contribution is -0.129. The fourth-order valence-electron chi connectivity index (χ4n) is 3.39. The minimum Gasteiger partial charge on any atom is -0.372 e. The molecule has 0 atom stereocenters. The molecule has 1 aliphatic heterocycles. The van der Waals surface area contributed by atoms with Crippen molar-refractivity contribution in [3.63, 3.8) is 0 Å². The summed E-state index contributed by atoms with van der Waals surface area (Å²) in [6.45, 7) is 2.60. The highest BCUT2D eigenvalue weighted by Gasteiger charge is 2.15. The lowest BCUT2D eigenvalue weighted by atomic mass is 10.1. The molecule has 0 bridgehead atoms. The predicted molar refractivity (Wildman–Crippen MR) is 118 cm³/mol. The van der Waals surface area contributed by atoms with Gasteiger partial charge in [-0.25, -0.2) is 0 Å². The molecule has 2 aromatic rings. The lowest BCUT2D eigenvalue weighted by Crippen LogP contribution is -2.37. The van der Waals surface area contributed by atoms with Gasteiger partial charge in [0.15, 0.2) is 0 Å². The first-order chi connectivity index (χ1) is 13.9. The first kappa shape index (κ1) is 21.5. The number of halogens is 2. The average Bonchev–Trinajstić information content (AvgIpc) is 2.73. The molecule has 2 amide bonds. The standard InChI is InChI=1S/C22H25Cl2N3O2/c1-26(15-16-5-8-18(9-6-16)27-11-3-2-4-12-27)21(28)14-25-22(29)19-10-7-17(23)13-20(19)24/h5-10,13H,2-4,11-12,14-15H2,1H3,(H,25,29). The van der Waals surface area contributed by atoms with Crippen LogP contribution in [0.1, 0.15) is 35.2 Å². The van der Waals surface area contributed by atoms with Crippen molar-refractivity contribution >= 4 is 40.7 Å². The van der Waals surface area contributed by atoms with Gasteiger partial charge in [-0.1, -0.05) is 35.3 Å². The highest BCUT2D eigenvalue weighted by molar-refractivity contribution is 6.36. The number of benzene rings is 2. The van der Waals surface area contributed by atoms with E-state index in [9.17, 15) is 9.59 Å². The second-order valence-electron chi connectivity index (χ2n) is 7.27. The Morgan fingerprint density at radius 3 is 2.38 bits per heavy atom. The van der Waals surface area contributed by atoms with Crippen LogP contribution >= 0.6 is 23.2 Å². The van der Waals surface area contributed by atoms with Gasteiger partial charge in [0.2, 0.25) is 5.91 Å². The number of nitrogens with zero attached hydrogens (tertiary/aromatic N) is 2. The number of hydrogen-bond donors (Lipinski definition) is 1. The van der Waals surface area contributed by atoms with Gasteiger partial charge in [-0.05, 0) is 55.2 Å². The summed E-state index contributed by atoms with van der Waals surface area (Å²) in [4.78, 5) is 28.6. The maximum absolute atomic E-state index is 12.4. The summed E-state index contributed by atoms with van der Waals surface area (Å²) in [7, 11) is 1.72. The third-order valence-corrected chi connectivity index (χ3v) is 5.63. The summed E-state index contributed by atoms with van der Waals surface area (Å²) in [5, 5.41) is 3.32. The first-order valence-corrected chi connectivity index (χ1v) is 10.5. The minimum atomic E-state index is -0.403. The molecule has 0 aliphatic carbocycles. The zero-order chi connectivity index (χ0) is 20.8. The predicted octanol–water partition coefficient (Wildman–Crippen LogP) is 4.37. The monoisotopic (exact) mass is 433 g/mol. The van der Waals surface area contributed by atoms with Crippen molar-refractivity contribution < 1.29 is 9.59 Å². The molecule has 154 valence electrons. The van der Waals surface area contributed by atoms with Crippen molar-refractivity contribution in [2.45, 2.75) is 25.8 Å². The molecule has 3 rings (SSSR count). The van der Waals surface area contributed by atoms with Crippen molar-refractivity contribution in [1.29, 1.82) is 0 Å². The van der Waals surface area contributed by atoms with Crippen LogP contribution in [0.25, 0.3) is 0 Å². The summed E-state index contributed by atoms with van der Waals surface area (Å²) >= 11 is 11.9. The molecule has 0 spiro atoms. The number of nitrogens with one attached hydrogen (secondary N) is 1. The highest BCUT2D eigenvalue weighted by atomic mass is 35.5. The first-order valence-electron chi connectivity index (χ1n) is 9.75. The van der Waals surface area contributed by atoms with E-state index in [-0.39, 0.29) is 17.5 Å². The van der Waals surface area contributed by atoms with Crippen LogP contribution in [0.3, 0.4) is 0 Å².